The van der Waals surface area contributed by atoms with Gasteiger partial charge >= 0.3 is 6.03 Å². The Balaban J connectivity index is 1.22. The van der Waals surface area contributed by atoms with E-state index in [2.05, 4.69) is 15.6 Å². The molecule has 32 heavy (non-hydrogen) atoms. The Kier molecular flexibility index (Phi) is 6.66. The lowest BCUT2D eigenvalue weighted by Crippen LogP contribution is -2.52. The van der Waals surface area contributed by atoms with E-state index in [9.17, 15) is 19.2 Å². The van der Waals surface area contributed by atoms with Crippen molar-refractivity contribution in [3.63, 3.8) is 0 Å². The largest absolute Gasteiger partial charge is 0.344 e. The van der Waals surface area contributed by atoms with Crippen molar-refractivity contribution in [3.8, 4) is 0 Å². The number of imide groups is 1. The van der Waals surface area contributed by atoms with Crippen LogP contribution < -0.4 is 10.7 Å². The zero-order valence-electron chi connectivity index (χ0n) is 17.9. The minimum absolute atomic E-state index is 0.0943. The number of nitrogens with one attached hydrogen (secondary N) is 2. The lowest BCUT2D eigenvalue weighted by Gasteiger charge is -2.34. The SMILES string of the molecule is O=C(CCN1CCN(C(=O)c2ccccc2Cl)CC1)NN1C(=O)NC2(CCCCC2)C1=O. The molecule has 172 valence electrons. The number of carbonyl (C=O) groups is 4. The Morgan fingerprint density at radius 2 is 1.72 bits per heavy atom. The molecule has 0 atom stereocenters. The van der Waals surface area contributed by atoms with Gasteiger partial charge in [-0.3, -0.25) is 24.7 Å². The van der Waals surface area contributed by atoms with Crippen LogP contribution in [0.3, 0.4) is 0 Å². The summed E-state index contributed by atoms with van der Waals surface area (Å²) in [5.41, 5.74) is 2.11. The summed E-state index contributed by atoms with van der Waals surface area (Å²) in [5, 5.41) is 4.06. The van der Waals surface area contributed by atoms with Crippen LogP contribution in [-0.2, 0) is 9.59 Å². The number of hydrogen-bond acceptors (Lipinski definition) is 5. The van der Waals surface area contributed by atoms with Crippen LogP contribution in [0.1, 0.15) is 48.9 Å². The maximum absolute atomic E-state index is 12.7. The van der Waals surface area contributed by atoms with Gasteiger partial charge < -0.3 is 10.2 Å². The molecule has 0 unspecified atom stereocenters. The van der Waals surface area contributed by atoms with Crippen LogP contribution in [0.15, 0.2) is 24.3 Å². The highest BCUT2D eigenvalue weighted by Gasteiger charge is 2.52. The smallest absolute Gasteiger partial charge is 0.336 e. The molecule has 3 aliphatic rings. The molecule has 2 N–H and O–H groups in total. The molecule has 5 amide bonds. The first-order valence-corrected chi connectivity index (χ1v) is 11.5. The second kappa shape index (κ2) is 9.46. The molecular weight excluding hydrogens is 434 g/mol. The number of hydrazine groups is 1. The standard InChI is InChI=1S/C22H28ClN5O4/c23-17-7-3-2-6-16(17)19(30)27-14-12-26(13-15-27)11-8-18(29)25-28-20(31)22(24-21(28)32)9-4-1-5-10-22/h2-3,6-7H,1,4-5,8-15H2,(H,24,32)(H,25,29). The molecule has 1 aromatic rings. The van der Waals surface area contributed by atoms with Gasteiger partial charge in [-0.1, -0.05) is 43.0 Å². The number of rotatable bonds is 5. The van der Waals surface area contributed by atoms with Gasteiger partial charge in [-0.05, 0) is 25.0 Å². The van der Waals surface area contributed by atoms with Crippen LogP contribution in [0.4, 0.5) is 4.79 Å². The number of amides is 5. The zero-order chi connectivity index (χ0) is 22.7. The normalized spacial score (nSPS) is 21.0. The van der Waals surface area contributed by atoms with Crippen molar-refractivity contribution >= 4 is 35.4 Å². The first-order chi connectivity index (χ1) is 15.4. The van der Waals surface area contributed by atoms with Gasteiger partial charge in [-0.2, -0.15) is 5.01 Å². The molecule has 1 aliphatic carbocycles. The van der Waals surface area contributed by atoms with Crippen LogP contribution in [0.25, 0.3) is 0 Å². The fourth-order valence-electron chi connectivity index (χ4n) is 4.64. The molecular formula is C22H28ClN5O4. The van der Waals surface area contributed by atoms with Gasteiger partial charge in [0.15, 0.2) is 0 Å². The molecule has 10 heteroatoms. The Hall–Kier alpha value is -2.65. The molecule has 4 rings (SSSR count). The molecule has 3 fully saturated rings. The van der Waals surface area contributed by atoms with E-state index in [1.54, 1.807) is 29.2 Å². The topological polar surface area (TPSA) is 102 Å². The van der Waals surface area contributed by atoms with Gasteiger partial charge in [-0.25, -0.2) is 4.79 Å². The molecule has 2 aliphatic heterocycles. The molecule has 2 saturated heterocycles. The van der Waals surface area contributed by atoms with Crippen LogP contribution in [0.2, 0.25) is 5.02 Å². The average Bonchev–Trinajstić information content (AvgIpc) is 3.02. The minimum atomic E-state index is -0.854. The number of hydrogen-bond donors (Lipinski definition) is 2. The van der Waals surface area contributed by atoms with Gasteiger partial charge in [0, 0.05) is 39.1 Å². The second-order valence-corrected chi connectivity index (χ2v) is 9.02. The summed E-state index contributed by atoms with van der Waals surface area (Å²) < 4.78 is 0. The number of halogens is 1. The maximum atomic E-state index is 12.7. The fraction of sp³-hybridized carbons (Fsp3) is 0.545. The van der Waals surface area contributed by atoms with E-state index in [1.807, 2.05) is 0 Å². The van der Waals surface area contributed by atoms with Gasteiger partial charge in [-0.15, -0.1) is 0 Å². The van der Waals surface area contributed by atoms with E-state index in [0.717, 1.165) is 24.3 Å². The summed E-state index contributed by atoms with van der Waals surface area (Å²) in [5.74, 6) is -0.832. The third kappa shape index (κ3) is 4.59. The lowest BCUT2D eigenvalue weighted by molar-refractivity contribution is -0.140. The van der Waals surface area contributed by atoms with Crippen molar-refractivity contribution in [1.82, 2.24) is 25.6 Å². The van der Waals surface area contributed by atoms with Crippen molar-refractivity contribution in [2.75, 3.05) is 32.7 Å². The Labute approximate surface area is 192 Å². The summed E-state index contributed by atoms with van der Waals surface area (Å²) in [7, 11) is 0. The van der Waals surface area contributed by atoms with Crippen LogP contribution in [0, 0.1) is 0 Å². The van der Waals surface area contributed by atoms with Crippen molar-refractivity contribution < 1.29 is 19.2 Å². The molecule has 1 spiro atoms. The van der Waals surface area contributed by atoms with Crippen LogP contribution in [0.5, 0.6) is 0 Å². The quantitative estimate of drug-likeness (QED) is 0.651. The first-order valence-electron chi connectivity index (χ1n) is 11.1. The van der Waals surface area contributed by atoms with E-state index in [-0.39, 0.29) is 24.1 Å². The van der Waals surface area contributed by atoms with E-state index < -0.39 is 11.6 Å². The molecule has 0 aromatic heterocycles. The number of carbonyl (C=O) groups excluding carboxylic acids is 4. The third-order valence-corrected chi connectivity index (χ3v) is 6.85. The highest BCUT2D eigenvalue weighted by molar-refractivity contribution is 6.33. The molecule has 2 heterocycles. The lowest BCUT2D eigenvalue weighted by atomic mass is 9.82. The van der Waals surface area contributed by atoms with E-state index >= 15 is 0 Å². The van der Waals surface area contributed by atoms with Gasteiger partial charge in [0.1, 0.15) is 5.54 Å². The molecule has 0 bridgehead atoms. The van der Waals surface area contributed by atoms with Gasteiger partial charge in [0.2, 0.25) is 5.91 Å². The predicted molar refractivity (Wildman–Crippen MR) is 118 cm³/mol. The summed E-state index contributed by atoms with van der Waals surface area (Å²) in [6.45, 7) is 2.84. The van der Waals surface area contributed by atoms with Crippen LogP contribution in [-0.4, -0.2) is 76.8 Å². The van der Waals surface area contributed by atoms with E-state index in [4.69, 9.17) is 11.6 Å². The molecule has 9 nitrogen and oxygen atoms in total. The summed E-state index contributed by atoms with van der Waals surface area (Å²) in [6.07, 6.45) is 4.21. The second-order valence-electron chi connectivity index (χ2n) is 8.61. The van der Waals surface area contributed by atoms with Crippen molar-refractivity contribution in [2.45, 2.75) is 44.1 Å². The highest BCUT2D eigenvalue weighted by Crippen LogP contribution is 2.33. The van der Waals surface area contributed by atoms with Gasteiger partial charge in [0.25, 0.3) is 11.8 Å². The first kappa shape index (κ1) is 22.5. The van der Waals surface area contributed by atoms with Crippen molar-refractivity contribution in [2.24, 2.45) is 0 Å². The highest BCUT2D eigenvalue weighted by atomic mass is 35.5. The summed E-state index contributed by atoms with van der Waals surface area (Å²) >= 11 is 6.13. The Morgan fingerprint density at radius 1 is 1.03 bits per heavy atom. The van der Waals surface area contributed by atoms with Crippen LogP contribution >= 0.6 is 11.6 Å². The number of piperazine rings is 1. The summed E-state index contributed by atoms with van der Waals surface area (Å²) in [6, 6.07) is 6.43. The Morgan fingerprint density at radius 3 is 2.41 bits per heavy atom. The van der Waals surface area contributed by atoms with E-state index in [1.165, 1.54) is 0 Å². The maximum Gasteiger partial charge on any atom is 0.344 e. The van der Waals surface area contributed by atoms with Crippen molar-refractivity contribution in [3.05, 3.63) is 34.9 Å². The average molecular weight is 462 g/mol. The summed E-state index contributed by atoms with van der Waals surface area (Å²) in [4.78, 5) is 53.9. The van der Waals surface area contributed by atoms with Gasteiger partial charge in [0.05, 0.1) is 10.6 Å². The molecule has 1 saturated carbocycles. The zero-order valence-corrected chi connectivity index (χ0v) is 18.7. The van der Waals surface area contributed by atoms with E-state index in [0.29, 0.717) is 56.2 Å². The number of nitrogens with zero attached hydrogens (tertiary/aromatic N) is 3. The fourth-order valence-corrected chi connectivity index (χ4v) is 4.85. The minimum Gasteiger partial charge on any atom is -0.336 e. The number of urea groups is 1. The number of benzene rings is 1. The monoisotopic (exact) mass is 461 g/mol. The Bertz CT molecular complexity index is 909. The molecule has 1 aromatic carbocycles. The predicted octanol–water partition coefficient (Wildman–Crippen LogP) is 1.77. The van der Waals surface area contributed by atoms with Crippen molar-refractivity contribution in [1.29, 1.82) is 0 Å². The third-order valence-electron chi connectivity index (χ3n) is 6.52. The molecule has 0 radical (unpaired) electrons.